The summed E-state index contributed by atoms with van der Waals surface area (Å²) in [4.78, 5) is 4.74. The average Bonchev–Trinajstić information content (AvgIpc) is 3.13. The van der Waals surface area contributed by atoms with E-state index in [1.165, 1.54) is 50.1 Å². The largest absolute Gasteiger partial charge is 0.314 e. The minimum absolute atomic E-state index is 0.459. The van der Waals surface area contributed by atoms with Crippen LogP contribution in [0.15, 0.2) is 182 Å². The number of fused-ring (bicyclic) bond motifs is 2. The van der Waals surface area contributed by atoms with Crippen LogP contribution in [0, 0.1) is 0 Å². The molecule has 1 aliphatic rings. The molecule has 0 saturated carbocycles. The van der Waals surface area contributed by atoms with E-state index in [4.69, 9.17) is 0 Å². The maximum atomic E-state index is 2.42. The Hall–Kier alpha value is -5.86. The van der Waals surface area contributed by atoms with Crippen LogP contribution in [0.5, 0.6) is 0 Å². The zero-order valence-electron chi connectivity index (χ0n) is 26.5. The number of nitrogens with zero attached hydrogens (tertiary/aromatic N) is 2. The normalized spacial score (nSPS) is 13.9. The first-order chi connectivity index (χ1) is 23.2. The van der Waals surface area contributed by atoms with Crippen molar-refractivity contribution in [3.63, 3.8) is 0 Å². The summed E-state index contributed by atoms with van der Waals surface area (Å²) in [7, 11) is 0. The monoisotopic (exact) mass is 604 g/mol. The van der Waals surface area contributed by atoms with Gasteiger partial charge in [0, 0.05) is 34.1 Å². The Kier molecular flexibility index (Phi) is 7.61. The number of hydrogen-bond donors (Lipinski definition) is 0. The smallest absolute Gasteiger partial charge is 0.0468 e. The molecule has 0 fully saturated rings. The highest BCUT2D eigenvalue weighted by Gasteiger charge is 2.23. The van der Waals surface area contributed by atoms with E-state index in [1.807, 2.05) is 0 Å². The molecular formula is C45H36N2. The summed E-state index contributed by atoms with van der Waals surface area (Å²) in [6.45, 7) is 2.33. The second-order valence-corrected chi connectivity index (χ2v) is 12.3. The number of rotatable bonds is 7. The molecule has 0 aliphatic heterocycles. The van der Waals surface area contributed by atoms with Gasteiger partial charge >= 0.3 is 0 Å². The number of anilines is 5. The summed E-state index contributed by atoms with van der Waals surface area (Å²) in [5, 5.41) is 2.47. The van der Waals surface area contributed by atoms with Gasteiger partial charge in [-0.15, -0.1) is 0 Å². The molecule has 0 N–H and O–H groups in total. The number of benzene rings is 7. The van der Waals surface area contributed by atoms with Crippen molar-refractivity contribution in [1.82, 2.24) is 0 Å². The third-order valence-electron chi connectivity index (χ3n) is 9.26. The van der Waals surface area contributed by atoms with Gasteiger partial charge < -0.3 is 9.80 Å². The van der Waals surface area contributed by atoms with Crippen LogP contribution in [-0.4, -0.2) is 0 Å². The highest BCUT2D eigenvalue weighted by molar-refractivity contribution is 5.89. The van der Waals surface area contributed by atoms with E-state index in [1.54, 1.807) is 0 Å². The lowest BCUT2D eigenvalue weighted by Crippen LogP contribution is -2.20. The van der Waals surface area contributed by atoms with Gasteiger partial charge in [0.05, 0.1) is 0 Å². The second kappa shape index (κ2) is 12.5. The first-order valence-corrected chi connectivity index (χ1v) is 16.4. The molecule has 0 amide bonds. The van der Waals surface area contributed by atoms with Crippen LogP contribution in [0.2, 0.25) is 0 Å². The van der Waals surface area contributed by atoms with Gasteiger partial charge in [0.15, 0.2) is 0 Å². The Labute approximate surface area is 277 Å². The zero-order chi connectivity index (χ0) is 31.6. The van der Waals surface area contributed by atoms with Crippen molar-refractivity contribution in [2.45, 2.75) is 19.3 Å². The summed E-state index contributed by atoms with van der Waals surface area (Å²) in [5.74, 6) is 0.459. The van der Waals surface area contributed by atoms with Crippen LogP contribution in [-0.2, 0) is 0 Å². The van der Waals surface area contributed by atoms with Gasteiger partial charge in [-0.2, -0.15) is 0 Å². The Morgan fingerprint density at radius 2 is 0.915 bits per heavy atom. The Morgan fingerprint density at radius 1 is 0.426 bits per heavy atom. The molecule has 1 unspecified atom stereocenters. The molecular weight excluding hydrogens is 569 g/mol. The molecule has 0 saturated heterocycles. The Balaban J connectivity index is 1.12. The standard InChI is InChI=1S/C45H36N2/c1-33-30-44(32-38-14-10-11-19-45(33)38)47(40-17-6-3-7-18-40)42-27-22-36(23-28-42)35-20-25-41(26-21-35)46(39-15-4-2-5-16-39)43-29-24-34-12-8-9-13-37(34)31-43/h2-29,31-33H,30H2,1H3. The van der Waals surface area contributed by atoms with E-state index in [-0.39, 0.29) is 0 Å². The van der Waals surface area contributed by atoms with Gasteiger partial charge in [0.2, 0.25) is 0 Å². The molecule has 0 bridgehead atoms. The minimum Gasteiger partial charge on any atom is -0.314 e. The summed E-state index contributed by atoms with van der Waals surface area (Å²) in [6, 6.07) is 63.3. The zero-order valence-corrected chi connectivity index (χ0v) is 26.5. The quantitative estimate of drug-likeness (QED) is 0.179. The van der Waals surface area contributed by atoms with Crippen LogP contribution in [0.1, 0.15) is 30.4 Å². The predicted octanol–water partition coefficient (Wildman–Crippen LogP) is 12.7. The Morgan fingerprint density at radius 3 is 1.57 bits per heavy atom. The van der Waals surface area contributed by atoms with Crippen LogP contribution in [0.25, 0.3) is 28.0 Å². The fourth-order valence-corrected chi connectivity index (χ4v) is 6.91. The predicted molar refractivity (Wildman–Crippen MR) is 200 cm³/mol. The maximum Gasteiger partial charge on any atom is 0.0468 e. The van der Waals surface area contributed by atoms with Gasteiger partial charge in [-0.25, -0.2) is 0 Å². The number of para-hydroxylation sites is 2. The van der Waals surface area contributed by atoms with E-state index < -0.39 is 0 Å². The average molecular weight is 605 g/mol. The van der Waals surface area contributed by atoms with Crippen LogP contribution in [0.4, 0.5) is 28.4 Å². The van der Waals surface area contributed by atoms with Crippen LogP contribution < -0.4 is 9.80 Å². The number of hydrogen-bond acceptors (Lipinski definition) is 2. The maximum absolute atomic E-state index is 2.42. The van der Waals surface area contributed by atoms with Crippen molar-refractivity contribution >= 4 is 45.3 Å². The first-order valence-electron chi connectivity index (χ1n) is 16.4. The molecule has 2 heteroatoms. The van der Waals surface area contributed by atoms with Crippen molar-refractivity contribution in [3.05, 3.63) is 193 Å². The summed E-state index contributed by atoms with van der Waals surface area (Å²) in [5.41, 5.74) is 12.2. The van der Waals surface area contributed by atoms with Gasteiger partial charge in [0.25, 0.3) is 0 Å². The summed E-state index contributed by atoms with van der Waals surface area (Å²) < 4.78 is 0. The summed E-state index contributed by atoms with van der Waals surface area (Å²) >= 11 is 0. The topological polar surface area (TPSA) is 6.48 Å². The molecule has 1 aliphatic carbocycles. The Bertz CT molecular complexity index is 2170. The van der Waals surface area contributed by atoms with Crippen molar-refractivity contribution in [3.8, 4) is 11.1 Å². The van der Waals surface area contributed by atoms with Crippen LogP contribution >= 0.6 is 0 Å². The lowest BCUT2D eigenvalue weighted by atomic mass is 9.86. The van der Waals surface area contributed by atoms with E-state index in [9.17, 15) is 0 Å². The van der Waals surface area contributed by atoms with Gasteiger partial charge in [-0.1, -0.05) is 122 Å². The third kappa shape index (κ3) is 5.71. The molecule has 0 radical (unpaired) electrons. The van der Waals surface area contributed by atoms with E-state index in [2.05, 4.69) is 199 Å². The van der Waals surface area contributed by atoms with Crippen molar-refractivity contribution in [2.24, 2.45) is 0 Å². The molecule has 1 atom stereocenters. The highest BCUT2D eigenvalue weighted by atomic mass is 15.2. The van der Waals surface area contributed by atoms with Crippen molar-refractivity contribution in [1.29, 1.82) is 0 Å². The molecule has 0 heterocycles. The van der Waals surface area contributed by atoms with E-state index in [0.717, 1.165) is 23.5 Å². The molecule has 0 aromatic heterocycles. The van der Waals surface area contributed by atoms with Gasteiger partial charge in [0.1, 0.15) is 0 Å². The molecule has 47 heavy (non-hydrogen) atoms. The SMILES string of the molecule is CC1CC(N(c2ccccc2)c2ccc(-c3ccc(N(c4ccccc4)c4ccc5ccccc5c4)cc3)cc2)=Cc2ccccc21. The lowest BCUT2D eigenvalue weighted by molar-refractivity contribution is 0.730. The highest BCUT2D eigenvalue weighted by Crippen LogP contribution is 2.41. The van der Waals surface area contributed by atoms with Crippen molar-refractivity contribution < 1.29 is 0 Å². The van der Waals surface area contributed by atoms with Gasteiger partial charge in [-0.3, -0.25) is 0 Å². The van der Waals surface area contributed by atoms with E-state index >= 15 is 0 Å². The molecule has 8 rings (SSSR count). The van der Waals surface area contributed by atoms with E-state index in [0.29, 0.717) is 5.92 Å². The lowest BCUT2D eigenvalue weighted by Gasteiger charge is -2.33. The van der Waals surface area contributed by atoms with Gasteiger partial charge in [-0.05, 0) is 112 Å². The molecule has 2 nitrogen and oxygen atoms in total. The minimum atomic E-state index is 0.459. The summed E-state index contributed by atoms with van der Waals surface area (Å²) in [6.07, 6.45) is 3.35. The fraction of sp³-hybridized carbons (Fsp3) is 0.0667. The molecule has 7 aromatic carbocycles. The molecule has 7 aromatic rings. The molecule has 0 spiro atoms. The fourth-order valence-electron chi connectivity index (χ4n) is 6.91. The number of allylic oxidation sites excluding steroid dienone is 1. The second-order valence-electron chi connectivity index (χ2n) is 12.3. The first kappa shape index (κ1) is 28.6. The molecule has 226 valence electrons. The van der Waals surface area contributed by atoms with Crippen LogP contribution in [0.3, 0.4) is 0 Å². The third-order valence-corrected chi connectivity index (χ3v) is 9.26. The van der Waals surface area contributed by atoms with Crippen molar-refractivity contribution in [2.75, 3.05) is 9.80 Å².